The average molecular weight is 453 g/mol. The lowest BCUT2D eigenvalue weighted by Gasteiger charge is -2.14. The predicted molar refractivity (Wildman–Crippen MR) is 114 cm³/mol. The number of tetrazole rings is 1. The van der Waals surface area contributed by atoms with Crippen molar-refractivity contribution in [3.05, 3.63) is 87.8 Å². The van der Waals surface area contributed by atoms with Gasteiger partial charge in [0.2, 0.25) is 0 Å². The van der Waals surface area contributed by atoms with Crippen LogP contribution in [-0.4, -0.2) is 42.3 Å². The van der Waals surface area contributed by atoms with E-state index in [1.807, 2.05) is 12.1 Å². The van der Waals surface area contributed by atoms with E-state index in [1.165, 1.54) is 28.1 Å². The van der Waals surface area contributed by atoms with Crippen molar-refractivity contribution in [2.45, 2.75) is 13.5 Å². The predicted octanol–water partition coefficient (Wildman–Crippen LogP) is 2.62. The molecular formula is C21H17ClN6O4. The van der Waals surface area contributed by atoms with Crippen LogP contribution in [0.1, 0.15) is 22.8 Å². The summed E-state index contributed by atoms with van der Waals surface area (Å²) in [6.07, 6.45) is 3.91. The Morgan fingerprint density at radius 2 is 1.94 bits per heavy atom. The van der Waals surface area contributed by atoms with Crippen molar-refractivity contribution >= 4 is 17.6 Å². The summed E-state index contributed by atoms with van der Waals surface area (Å²) < 4.78 is 13.5. The molecule has 0 amide bonds. The summed E-state index contributed by atoms with van der Waals surface area (Å²) in [6.45, 7) is 2.09. The summed E-state index contributed by atoms with van der Waals surface area (Å²) in [6, 6.07) is 12.3. The van der Waals surface area contributed by atoms with Gasteiger partial charge in [0.05, 0.1) is 12.3 Å². The molecule has 162 valence electrons. The van der Waals surface area contributed by atoms with Gasteiger partial charge in [-0.1, -0.05) is 23.7 Å². The molecule has 0 bridgehead atoms. The minimum atomic E-state index is -0.733. The lowest BCUT2D eigenvalue weighted by molar-refractivity contribution is 0.0523. The monoisotopic (exact) mass is 452 g/mol. The Morgan fingerprint density at radius 1 is 1.12 bits per heavy atom. The molecule has 0 aliphatic rings. The number of aromatic nitrogens is 6. The lowest BCUT2D eigenvalue weighted by atomic mass is 10.2. The molecule has 0 N–H and O–H groups in total. The summed E-state index contributed by atoms with van der Waals surface area (Å²) in [5, 5.41) is 11.9. The fraction of sp³-hybridized carbons (Fsp3) is 0.143. The van der Waals surface area contributed by atoms with Gasteiger partial charge in [-0.3, -0.25) is 9.36 Å². The van der Waals surface area contributed by atoms with Gasteiger partial charge >= 0.3 is 5.97 Å². The van der Waals surface area contributed by atoms with E-state index in [9.17, 15) is 9.59 Å². The quantitative estimate of drug-likeness (QED) is 0.393. The third-order valence-electron chi connectivity index (χ3n) is 4.45. The molecule has 4 rings (SSSR count). The van der Waals surface area contributed by atoms with Gasteiger partial charge in [-0.05, 0) is 53.2 Å². The Kier molecular flexibility index (Phi) is 6.22. The number of nitrogens with zero attached hydrogens (tertiary/aromatic N) is 6. The van der Waals surface area contributed by atoms with E-state index < -0.39 is 11.5 Å². The van der Waals surface area contributed by atoms with Gasteiger partial charge in [0.15, 0.2) is 0 Å². The number of ether oxygens (including phenoxy) is 2. The van der Waals surface area contributed by atoms with E-state index in [1.54, 1.807) is 37.3 Å². The number of esters is 1. The van der Waals surface area contributed by atoms with Crippen LogP contribution in [0.4, 0.5) is 0 Å². The summed E-state index contributed by atoms with van der Waals surface area (Å²) in [5.41, 5.74) is 1.13. The summed E-state index contributed by atoms with van der Waals surface area (Å²) in [7, 11) is 0. The Morgan fingerprint density at radius 3 is 2.66 bits per heavy atom. The standard InChI is InChI=1S/C21H17ClN6O4/c1-2-31-21(30)17-10-23-12-27(20(17)29)16-7-8-19(18(9-16)28-13-24-25-26-28)32-11-14-3-5-15(22)6-4-14/h3-10,12-13H,2,11H2,1H3. The van der Waals surface area contributed by atoms with Crippen molar-refractivity contribution in [2.24, 2.45) is 0 Å². The summed E-state index contributed by atoms with van der Waals surface area (Å²) >= 11 is 5.93. The van der Waals surface area contributed by atoms with E-state index in [0.29, 0.717) is 22.1 Å². The molecule has 2 aromatic carbocycles. The highest BCUT2D eigenvalue weighted by Crippen LogP contribution is 2.26. The molecule has 2 heterocycles. The molecule has 0 atom stereocenters. The number of halogens is 1. The second-order valence-electron chi connectivity index (χ2n) is 6.52. The third-order valence-corrected chi connectivity index (χ3v) is 4.71. The maximum atomic E-state index is 12.8. The zero-order valence-electron chi connectivity index (χ0n) is 16.9. The van der Waals surface area contributed by atoms with Crippen LogP contribution in [0.2, 0.25) is 5.02 Å². The molecule has 32 heavy (non-hydrogen) atoms. The second-order valence-corrected chi connectivity index (χ2v) is 6.96. The summed E-state index contributed by atoms with van der Waals surface area (Å²) in [4.78, 5) is 28.9. The molecule has 0 saturated carbocycles. The first-order valence-electron chi connectivity index (χ1n) is 9.55. The molecule has 0 fully saturated rings. The van der Waals surface area contributed by atoms with Crippen LogP contribution in [0.3, 0.4) is 0 Å². The van der Waals surface area contributed by atoms with Gasteiger partial charge in [0, 0.05) is 11.2 Å². The van der Waals surface area contributed by atoms with Crippen LogP contribution in [0.5, 0.6) is 5.75 Å². The smallest absolute Gasteiger partial charge is 0.345 e. The maximum Gasteiger partial charge on any atom is 0.345 e. The van der Waals surface area contributed by atoms with Crippen LogP contribution in [0.15, 0.2) is 66.1 Å². The molecule has 0 saturated heterocycles. The first-order valence-corrected chi connectivity index (χ1v) is 9.93. The molecule has 0 radical (unpaired) electrons. The van der Waals surface area contributed by atoms with Crippen LogP contribution in [-0.2, 0) is 11.3 Å². The molecule has 0 aliphatic heterocycles. The first-order chi connectivity index (χ1) is 15.6. The van der Waals surface area contributed by atoms with E-state index in [2.05, 4.69) is 20.5 Å². The SMILES string of the molecule is CCOC(=O)c1cncn(-c2ccc(OCc3ccc(Cl)cc3)c(-n3cnnn3)c2)c1=O. The Bertz CT molecular complexity index is 1290. The fourth-order valence-electron chi connectivity index (χ4n) is 2.91. The van der Waals surface area contributed by atoms with Crippen LogP contribution in [0.25, 0.3) is 11.4 Å². The van der Waals surface area contributed by atoms with Gasteiger partial charge in [-0.15, -0.1) is 5.10 Å². The van der Waals surface area contributed by atoms with E-state index in [0.717, 1.165) is 5.56 Å². The van der Waals surface area contributed by atoms with Gasteiger partial charge in [0.1, 0.15) is 36.3 Å². The lowest BCUT2D eigenvalue weighted by Crippen LogP contribution is -2.26. The fourth-order valence-corrected chi connectivity index (χ4v) is 3.04. The number of carbonyl (C=O) groups is 1. The molecule has 2 aromatic heterocycles. The van der Waals surface area contributed by atoms with Gasteiger partial charge in [-0.25, -0.2) is 9.78 Å². The molecule has 0 aliphatic carbocycles. The van der Waals surface area contributed by atoms with Gasteiger partial charge < -0.3 is 9.47 Å². The third kappa shape index (κ3) is 4.49. The molecule has 11 heteroatoms. The minimum absolute atomic E-state index is 0.149. The zero-order chi connectivity index (χ0) is 22.5. The zero-order valence-corrected chi connectivity index (χ0v) is 17.6. The van der Waals surface area contributed by atoms with Gasteiger partial charge in [-0.2, -0.15) is 4.68 Å². The van der Waals surface area contributed by atoms with E-state index >= 15 is 0 Å². The number of hydrogen-bond donors (Lipinski definition) is 0. The number of hydrogen-bond acceptors (Lipinski definition) is 8. The van der Waals surface area contributed by atoms with Crippen molar-refractivity contribution in [2.75, 3.05) is 6.61 Å². The van der Waals surface area contributed by atoms with Crippen LogP contribution < -0.4 is 10.3 Å². The largest absolute Gasteiger partial charge is 0.487 e. The number of carbonyl (C=O) groups excluding carboxylic acids is 1. The number of rotatable bonds is 7. The molecule has 4 aromatic rings. The van der Waals surface area contributed by atoms with Gasteiger partial charge in [0.25, 0.3) is 5.56 Å². The minimum Gasteiger partial charge on any atom is -0.487 e. The highest BCUT2D eigenvalue weighted by Gasteiger charge is 2.16. The second kappa shape index (κ2) is 9.40. The highest BCUT2D eigenvalue weighted by molar-refractivity contribution is 6.30. The van der Waals surface area contributed by atoms with Crippen LogP contribution in [0, 0.1) is 0 Å². The van der Waals surface area contributed by atoms with Crippen molar-refractivity contribution < 1.29 is 14.3 Å². The van der Waals surface area contributed by atoms with Crippen molar-refractivity contribution in [3.63, 3.8) is 0 Å². The molecular weight excluding hydrogens is 436 g/mol. The average Bonchev–Trinajstić information content (AvgIpc) is 3.34. The normalized spacial score (nSPS) is 10.7. The Hall–Kier alpha value is -4.05. The van der Waals surface area contributed by atoms with E-state index in [4.69, 9.17) is 21.1 Å². The first kappa shape index (κ1) is 21.2. The van der Waals surface area contributed by atoms with E-state index in [-0.39, 0.29) is 18.8 Å². The summed E-state index contributed by atoms with van der Waals surface area (Å²) in [5.74, 6) is -0.249. The molecule has 0 unspecified atom stereocenters. The Balaban J connectivity index is 1.71. The topological polar surface area (TPSA) is 114 Å². The van der Waals surface area contributed by atoms with Crippen molar-refractivity contribution in [1.82, 2.24) is 29.8 Å². The maximum absolute atomic E-state index is 12.8. The molecule has 0 spiro atoms. The molecule has 10 nitrogen and oxygen atoms in total. The van der Waals surface area contributed by atoms with Crippen LogP contribution >= 0.6 is 11.6 Å². The number of benzene rings is 2. The van der Waals surface area contributed by atoms with Crippen molar-refractivity contribution in [1.29, 1.82) is 0 Å². The van der Waals surface area contributed by atoms with Crippen molar-refractivity contribution in [3.8, 4) is 17.1 Å². The Labute approximate surface area is 187 Å². The highest BCUT2D eigenvalue weighted by atomic mass is 35.5.